The Bertz CT molecular complexity index is 740. The van der Waals surface area contributed by atoms with Crippen LogP contribution in [0.1, 0.15) is 80.3 Å². The molecule has 0 spiro atoms. The highest BCUT2D eigenvalue weighted by Crippen LogP contribution is 2.11. The number of carbonyl (C=O) groups excluding carboxylic acids is 1. The van der Waals surface area contributed by atoms with Crippen molar-refractivity contribution in [3.8, 4) is 0 Å². The standard InChI is InChI=1S/C29H44N2O2/c1-3-21-31(22-4-2)29(32)28-18-16-26(17-19-28)15-12-24-33-23-11-6-5-10-20-30-25-27-13-8-7-9-14-27/h7-9,13-14,16-19,30H,3-6,10-12,15,20-25H2,1-2H3. The number of hydrogen-bond donors (Lipinski definition) is 1. The van der Waals surface area contributed by atoms with Crippen molar-refractivity contribution in [3.63, 3.8) is 0 Å². The van der Waals surface area contributed by atoms with E-state index in [1.54, 1.807) is 0 Å². The summed E-state index contributed by atoms with van der Waals surface area (Å²) >= 11 is 0. The summed E-state index contributed by atoms with van der Waals surface area (Å²) in [6, 6.07) is 18.7. The van der Waals surface area contributed by atoms with Gasteiger partial charge in [0.15, 0.2) is 0 Å². The molecule has 0 atom stereocenters. The van der Waals surface area contributed by atoms with Crippen LogP contribution in [0.15, 0.2) is 54.6 Å². The number of hydrogen-bond acceptors (Lipinski definition) is 3. The predicted molar refractivity (Wildman–Crippen MR) is 139 cm³/mol. The molecule has 0 radical (unpaired) electrons. The number of aryl methyl sites for hydroxylation is 1. The van der Waals surface area contributed by atoms with Crippen LogP contribution in [0.3, 0.4) is 0 Å². The molecule has 4 heteroatoms. The van der Waals surface area contributed by atoms with Crippen LogP contribution >= 0.6 is 0 Å². The van der Waals surface area contributed by atoms with Gasteiger partial charge in [-0.25, -0.2) is 0 Å². The van der Waals surface area contributed by atoms with E-state index in [-0.39, 0.29) is 5.91 Å². The number of benzene rings is 2. The molecule has 182 valence electrons. The van der Waals surface area contributed by atoms with Crippen LogP contribution in [0.25, 0.3) is 0 Å². The van der Waals surface area contributed by atoms with Crippen LogP contribution in [-0.4, -0.2) is 43.7 Å². The monoisotopic (exact) mass is 452 g/mol. The third-order valence-corrected chi connectivity index (χ3v) is 5.79. The summed E-state index contributed by atoms with van der Waals surface area (Å²) in [5.41, 5.74) is 3.42. The molecule has 0 unspecified atom stereocenters. The maximum absolute atomic E-state index is 12.7. The van der Waals surface area contributed by atoms with E-state index >= 15 is 0 Å². The highest BCUT2D eigenvalue weighted by molar-refractivity contribution is 5.94. The number of amides is 1. The maximum Gasteiger partial charge on any atom is 0.253 e. The molecular formula is C29H44N2O2. The molecule has 2 aromatic rings. The molecule has 0 aliphatic heterocycles. The van der Waals surface area contributed by atoms with Crippen LogP contribution < -0.4 is 5.32 Å². The largest absolute Gasteiger partial charge is 0.381 e. The van der Waals surface area contributed by atoms with Gasteiger partial charge in [-0.1, -0.05) is 69.2 Å². The van der Waals surface area contributed by atoms with Crippen molar-refractivity contribution in [1.29, 1.82) is 0 Å². The molecule has 2 rings (SSSR count). The molecule has 0 saturated carbocycles. The molecule has 33 heavy (non-hydrogen) atoms. The fourth-order valence-corrected chi connectivity index (χ4v) is 3.97. The van der Waals surface area contributed by atoms with Gasteiger partial charge in [0.1, 0.15) is 0 Å². The van der Waals surface area contributed by atoms with Crippen molar-refractivity contribution in [2.24, 2.45) is 0 Å². The summed E-state index contributed by atoms with van der Waals surface area (Å²) in [6.07, 6.45) is 8.86. The number of nitrogens with zero attached hydrogens (tertiary/aromatic N) is 1. The lowest BCUT2D eigenvalue weighted by Crippen LogP contribution is -2.32. The molecule has 0 saturated heterocycles. The number of carbonyl (C=O) groups is 1. The molecular weight excluding hydrogens is 408 g/mol. The average Bonchev–Trinajstić information content (AvgIpc) is 2.85. The van der Waals surface area contributed by atoms with Crippen LogP contribution in [0, 0.1) is 0 Å². The van der Waals surface area contributed by atoms with E-state index < -0.39 is 0 Å². The first kappa shape index (κ1) is 27.1. The first-order valence-corrected chi connectivity index (χ1v) is 12.9. The van der Waals surface area contributed by atoms with Gasteiger partial charge >= 0.3 is 0 Å². The van der Waals surface area contributed by atoms with Crippen molar-refractivity contribution in [2.75, 3.05) is 32.8 Å². The Morgan fingerprint density at radius 2 is 1.45 bits per heavy atom. The van der Waals surface area contributed by atoms with E-state index in [2.05, 4.69) is 61.6 Å². The SMILES string of the molecule is CCCN(CCC)C(=O)c1ccc(CCCOCCCCCCNCc2ccccc2)cc1. The first-order valence-electron chi connectivity index (χ1n) is 12.9. The summed E-state index contributed by atoms with van der Waals surface area (Å²) in [7, 11) is 0. The van der Waals surface area contributed by atoms with Crippen molar-refractivity contribution < 1.29 is 9.53 Å². The second-order valence-corrected chi connectivity index (χ2v) is 8.78. The van der Waals surface area contributed by atoms with E-state index in [4.69, 9.17) is 4.74 Å². The number of unbranched alkanes of at least 4 members (excludes halogenated alkanes) is 3. The summed E-state index contributed by atoms with van der Waals surface area (Å²) in [5.74, 6) is 0.153. The van der Waals surface area contributed by atoms with Gasteiger partial charge in [0.25, 0.3) is 5.91 Å². The third kappa shape index (κ3) is 11.5. The molecule has 0 bridgehead atoms. The molecule has 0 aromatic heterocycles. The van der Waals surface area contributed by atoms with Gasteiger partial charge in [0, 0.05) is 38.4 Å². The van der Waals surface area contributed by atoms with Crippen LogP contribution in [-0.2, 0) is 17.7 Å². The number of ether oxygens (including phenoxy) is 1. The van der Waals surface area contributed by atoms with Gasteiger partial charge in [-0.15, -0.1) is 0 Å². The smallest absolute Gasteiger partial charge is 0.253 e. The molecule has 4 nitrogen and oxygen atoms in total. The minimum Gasteiger partial charge on any atom is -0.381 e. The molecule has 1 amide bonds. The lowest BCUT2D eigenvalue weighted by molar-refractivity contribution is 0.0755. The third-order valence-electron chi connectivity index (χ3n) is 5.79. The van der Waals surface area contributed by atoms with Crippen LogP contribution in [0.2, 0.25) is 0 Å². The summed E-state index contributed by atoms with van der Waals surface area (Å²) in [4.78, 5) is 14.6. The van der Waals surface area contributed by atoms with Crippen molar-refractivity contribution in [1.82, 2.24) is 10.2 Å². The van der Waals surface area contributed by atoms with Gasteiger partial charge in [-0.3, -0.25) is 4.79 Å². The lowest BCUT2D eigenvalue weighted by Gasteiger charge is -2.21. The fraction of sp³-hybridized carbons (Fsp3) is 0.552. The molecule has 0 fully saturated rings. The number of nitrogens with one attached hydrogen (secondary N) is 1. The zero-order chi connectivity index (χ0) is 23.6. The molecule has 1 N–H and O–H groups in total. The highest BCUT2D eigenvalue weighted by atomic mass is 16.5. The van der Waals surface area contributed by atoms with Gasteiger partial charge < -0.3 is 15.0 Å². The number of rotatable bonds is 18. The Kier molecular flexibility index (Phi) is 14.2. The van der Waals surface area contributed by atoms with E-state index in [1.807, 2.05) is 17.0 Å². The molecule has 2 aromatic carbocycles. The van der Waals surface area contributed by atoms with Crippen molar-refractivity contribution in [2.45, 2.75) is 71.8 Å². The zero-order valence-corrected chi connectivity index (χ0v) is 20.9. The Labute approximate surface area is 201 Å². The molecule has 0 aliphatic carbocycles. The summed E-state index contributed by atoms with van der Waals surface area (Å²) in [5, 5.41) is 3.51. The van der Waals surface area contributed by atoms with Gasteiger partial charge in [0.2, 0.25) is 0 Å². The van der Waals surface area contributed by atoms with Crippen molar-refractivity contribution in [3.05, 3.63) is 71.3 Å². The average molecular weight is 453 g/mol. The van der Waals surface area contributed by atoms with Gasteiger partial charge in [-0.2, -0.15) is 0 Å². The van der Waals surface area contributed by atoms with E-state index in [1.165, 1.54) is 30.4 Å². The van der Waals surface area contributed by atoms with Gasteiger partial charge in [0.05, 0.1) is 0 Å². The second-order valence-electron chi connectivity index (χ2n) is 8.78. The lowest BCUT2D eigenvalue weighted by atomic mass is 10.1. The Morgan fingerprint density at radius 3 is 2.15 bits per heavy atom. The Morgan fingerprint density at radius 1 is 0.788 bits per heavy atom. The Balaban J connectivity index is 1.47. The van der Waals surface area contributed by atoms with Crippen LogP contribution in [0.5, 0.6) is 0 Å². The predicted octanol–water partition coefficient (Wildman–Crippen LogP) is 6.25. The van der Waals surface area contributed by atoms with E-state index in [9.17, 15) is 4.79 Å². The topological polar surface area (TPSA) is 41.6 Å². The van der Waals surface area contributed by atoms with Crippen molar-refractivity contribution >= 4 is 5.91 Å². The second kappa shape index (κ2) is 17.3. The first-order chi connectivity index (χ1) is 16.2. The van der Waals surface area contributed by atoms with Crippen LogP contribution in [0.4, 0.5) is 0 Å². The highest BCUT2D eigenvalue weighted by Gasteiger charge is 2.13. The van der Waals surface area contributed by atoms with E-state index in [0.717, 1.165) is 77.1 Å². The fourth-order valence-electron chi connectivity index (χ4n) is 3.97. The Hall–Kier alpha value is -2.17. The minimum atomic E-state index is 0.153. The molecule has 0 heterocycles. The quantitative estimate of drug-likeness (QED) is 0.272. The van der Waals surface area contributed by atoms with Gasteiger partial charge in [-0.05, 0) is 68.3 Å². The summed E-state index contributed by atoms with van der Waals surface area (Å²) in [6.45, 7) is 9.60. The zero-order valence-electron chi connectivity index (χ0n) is 20.9. The summed E-state index contributed by atoms with van der Waals surface area (Å²) < 4.78 is 5.81. The minimum absolute atomic E-state index is 0.153. The molecule has 0 aliphatic rings. The normalized spacial score (nSPS) is 11.0. The maximum atomic E-state index is 12.7. The van der Waals surface area contributed by atoms with E-state index in [0.29, 0.717) is 0 Å².